The molecule has 2 N–H and O–H groups in total. The van der Waals surface area contributed by atoms with Crippen molar-refractivity contribution in [1.29, 1.82) is 0 Å². The lowest BCUT2D eigenvalue weighted by Gasteiger charge is -2.03. The molecule has 0 saturated heterocycles. The zero-order valence-corrected chi connectivity index (χ0v) is 16.2. The van der Waals surface area contributed by atoms with Gasteiger partial charge in [0.1, 0.15) is 5.69 Å². The quantitative estimate of drug-likeness (QED) is 0.459. The maximum Gasteiger partial charge on any atom is 0.116 e. The van der Waals surface area contributed by atoms with Crippen molar-refractivity contribution in [2.45, 2.75) is 6.92 Å². The molecule has 0 radical (unpaired) electrons. The fourth-order valence-corrected chi connectivity index (χ4v) is 3.87. The lowest BCUT2D eigenvalue weighted by atomic mass is 10.1. The van der Waals surface area contributed by atoms with E-state index in [0.29, 0.717) is 0 Å². The summed E-state index contributed by atoms with van der Waals surface area (Å²) in [5, 5.41) is 9.88. The number of aromatic nitrogens is 7. The van der Waals surface area contributed by atoms with Gasteiger partial charge in [-0.2, -0.15) is 5.10 Å². The van der Waals surface area contributed by atoms with Crippen LogP contribution in [0.25, 0.3) is 50.1 Å². The Kier molecular flexibility index (Phi) is 3.55. The van der Waals surface area contributed by atoms with Crippen LogP contribution in [0.1, 0.15) is 5.69 Å². The summed E-state index contributed by atoms with van der Waals surface area (Å²) in [6, 6.07) is 14.5. The van der Waals surface area contributed by atoms with E-state index in [2.05, 4.69) is 54.4 Å². The summed E-state index contributed by atoms with van der Waals surface area (Å²) in [6.07, 6.45) is 9.01. The number of hydrogen-bond donors (Lipinski definition) is 2. The molecule has 0 unspecified atom stereocenters. The largest absolute Gasteiger partial charge is 0.353 e. The molecule has 0 bridgehead atoms. The Morgan fingerprint density at radius 3 is 2.73 bits per heavy atom. The van der Waals surface area contributed by atoms with E-state index < -0.39 is 0 Å². The van der Waals surface area contributed by atoms with Crippen LogP contribution < -0.4 is 0 Å². The van der Waals surface area contributed by atoms with Crippen LogP contribution >= 0.6 is 0 Å². The number of aryl methyl sites for hydroxylation is 1. The average molecular weight is 391 g/mol. The van der Waals surface area contributed by atoms with E-state index in [9.17, 15) is 0 Å². The highest BCUT2D eigenvalue weighted by atomic mass is 15.1. The summed E-state index contributed by atoms with van der Waals surface area (Å²) in [7, 11) is 0. The Bertz CT molecular complexity index is 1510. The molecule has 0 saturated carbocycles. The summed E-state index contributed by atoms with van der Waals surface area (Å²) < 4.78 is 2.05. The fourth-order valence-electron chi connectivity index (χ4n) is 3.87. The fraction of sp³-hybridized carbons (Fsp3) is 0.0435. The number of H-pyrrole nitrogens is 2. The number of hydrogen-bond acceptors (Lipinski definition) is 4. The van der Waals surface area contributed by atoms with Crippen LogP contribution in [0.4, 0.5) is 0 Å². The first-order chi connectivity index (χ1) is 14.8. The standard InChI is InChI=1S/C23H17N7/c1-14-12-30(13-26-14)22-4-2-3-18-16(22)10-20(27-18)23-17-9-15(5-6-19(17)28-29-23)21-11-24-7-8-25-21/h2-13,27H,1H3,(H,28,29). The number of nitrogens with zero attached hydrogens (tertiary/aromatic N) is 5. The molecule has 30 heavy (non-hydrogen) atoms. The third kappa shape index (κ3) is 2.60. The molecule has 0 aliphatic carbocycles. The van der Waals surface area contributed by atoms with Gasteiger partial charge < -0.3 is 9.55 Å². The molecule has 2 aromatic carbocycles. The average Bonchev–Trinajstić information content (AvgIpc) is 3.51. The predicted molar refractivity (Wildman–Crippen MR) is 116 cm³/mol. The highest BCUT2D eigenvalue weighted by Crippen LogP contribution is 2.33. The topological polar surface area (TPSA) is 88.1 Å². The Morgan fingerprint density at radius 1 is 0.933 bits per heavy atom. The number of imidazole rings is 1. The van der Waals surface area contributed by atoms with E-state index in [1.54, 1.807) is 18.6 Å². The molecule has 7 heteroatoms. The first-order valence-electron chi connectivity index (χ1n) is 9.64. The zero-order chi connectivity index (χ0) is 20.1. The summed E-state index contributed by atoms with van der Waals surface area (Å²) >= 11 is 0. The molecule has 0 fully saturated rings. The lowest BCUT2D eigenvalue weighted by molar-refractivity contribution is 1.07. The van der Waals surface area contributed by atoms with Crippen molar-refractivity contribution < 1.29 is 0 Å². The van der Waals surface area contributed by atoms with E-state index in [1.165, 1.54) is 0 Å². The summed E-state index contributed by atoms with van der Waals surface area (Å²) in [6.45, 7) is 1.99. The molecule has 6 rings (SSSR count). The van der Waals surface area contributed by atoms with Crippen molar-refractivity contribution in [3.8, 4) is 28.3 Å². The van der Waals surface area contributed by atoms with Crippen LogP contribution in [-0.4, -0.2) is 34.7 Å². The third-order valence-electron chi connectivity index (χ3n) is 5.31. The van der Waals surface area contributed by atoms with Gasteiger partial charge in [-0.25, -0.2) is 4.98 Å². The van der Waals surface area contributed by atoms with Crippen molar-refractivity contribution in [2.75, 3.05) is 0 Å². The van der Waals surface area contributed by atoms with Crippen LogP contribution in [0.3, 0.4) is 0 Å². The van der Waals surface area contributed by atoms with Gasteiger partial charge in [0.2, 0.25) is 0 Å². The van der Waals surface area contributed by atoms with Gasteiger partial charge in [0.05, 0.1) is 40.8 Å². The van der Waals surface area contributed by atoms with Gasteiger partial charge in [-0.05, 0) is 37.3 Å². The van der Waals surface area contributed by atoms with Crippen molar-refractivity contribution in [3.05, 3.63) is 79.3 Å². The second-order valence-corrected chi connectivity index (χ2v) is 7.27. The molecular formula is C23H17N7. The van der Waals surface area contributed by atoms with E-state index in [1.807, 2.05) is 42.2 Å². The highest BCUT2D eigenvalue weighted by Gasteiger charge is 2.14. The lowest BCUT2D eigenvalue weighted by Crippen LogP contribution is -1.89. The Balaban J connectivity index is 1.52. The Labute approximate surface area is 171 Å². The minimum Gasteiger partial charge on any atom is -0.353 e. The van der Waals surface area contributed by atoms with Crippen molar-refractivity contribution in [1.82, 2.24) is 34.7 Å². The summed E-state index contributed by atoms with van der Waals surface area (Å²) in [5.41, 5.74) is 7.76. The van der Waals surface area contributed by atoms with Crippen LogP contribution in [0.2, 0.25) is 0 Å². The van der Waals surface area contributed by atoms with Gasteiger partial charge >= 0.3 is 0 Å². The molecule has 0 spiro atoms. The van der Waals surface area contributed by atoms with Crippen LogP contribution in [-0.2, 0) is 0 Å². The molecule has 0 amide bonds. The van der Waals surface area contributed by atoms with Gasteiger partial charge in [-0.1, -0.05) is 12.1 Å². The van der Waals surface area contributed by atoms with Crippen molar-refractivity contribution in [2.24, 2.45) is 0 Å². The summed E-state index contributed by atoms with van der Waals surface area (Å²) in [5.74, 6) is 0. The first kappa shape index (κ1) is 16.7. The van der Waals surface area contributed by atoms with Crippen LogP contribution in [0.15, 0.2) is 73.6 Å². The van der Waals surface area contributed by atoms with Crippen molar-refractivity contribution >= 4 is 21.8 Å². The van der Waals surface area contributed by atoms with Crippen LogP contribution in [0.5, 0.6) is 0 Å². The Hall–Kier alpha value is -4.26. The minimum atomic E-state index is 0.834. The minimum absolute atomic E-state index is 0.834. The molecule has 7 nitrogen and oxygen atoms in total. The smallest absolute Gasteiger partial charge is 0.116 e. The third-order valence-corrected chi connectivity index (χ3v) is 5.31. The number of benzene rings is 2. The highest BCUT2D eigenvalue weighted by molar-refractivity contribution is 5.99. The maximum absolute atomic E-state index is 4.59. The number of rotatable bonds is 3. The van der Waals surface area contributed by atoms with Crippen LogP contribution in [0, 0.1) is 6.92 Å². The van der Waals surface area contributed by atoms with E-state index in [4.69, 9.17) is 0 Å². The first-order valence-corrected chi connectivity index (χ1v) is 9.64. The predicted octanol–water partition coefficient (Wildman–Crippen LogP) is 4.66. The summed E-state index contributed by atoms with van der Waals surface area (Å²) in [4.78, 5) is 16.5. The SMILES string of the molecule is Cc1cn(-c2cccc3[nH]c(-c4n[nH]c5ccc(-c6cnccn6)cc45)cc23)cn1. The Morgan fingerprint density at radius 2 is 1.90 bits per heavy atom. The molecule has 0 aliphatic rings. The van der Waals surface area contributed by atoms with Gasteiger partial charge in [0.25, 0.3) is 0 Å². The van der Waals surface area contributed by atoms with E-state index >= 15 is 0 Å². The van der Waals surface area contributed by atoms with Crippen molar-refractivity contribution in [3.63, 3.8) is 0 Å². The van der Waals surface area contributed by atoms with E-state index in [0.717, 1.165) is 55.8 Å². The molecule has 4 heterocycles. The molecule has 0 atom stereocenters. The van der Waals surface area contributed by atoms with E-state index in [-0.39, 0.29) is 0 Å². The van der Waals surface area contributed by atoms with Gasteiger partial charge in [0, 0.05) is 40.4 Å². The zero-order valence-electron chi connectivity index (χ0n) is 16.2. The molecule has 6 aromatic rings. The number of aromatic amines is 2. The normalized spacial score (nSPS) is 11.5. The molecule has 0 aliphatic heterocycles. The molecule has 4 aromatic heterocycles. The van der Waals surface area contributed by atoms with Gasteiger partial charge in [0.15, 0.2) is 0 Å². The number of nitrogens with one attached hydrogen (secondary N) is 2. The monoisotopic (exact) mass is 391 g/mol. The van der Waals surface area contributed by atoms with Gasteiger partial charge in [-0.15, -0.1) is 0 Å². The second kappa shape index (κ2) is 6.38. The maximum atomic E-state index is 4.59. The number of fused-ring (bicyclic) bond motifs is 2. The van der Waals surface area contributed by atoms with Gasteiger partial charge in [-0.3, -0.25) is 15.1 Å². The molecular weight excluding hydrogens is 374 g/mol. The second-order valence-electron chi connectivity index (χ2n) is 7.27. The molecule has 144 valence electrons.